The number of urea groups is 1. The first kappa shape index (κ1) is 13.1. The molecular weight excluding hydrogens is 251 g/mol. The maximum atomic E-state index is 12.4. The number of aliphatic hydroxyl groups is 2. The van der Waals surface area contributed by atoms with E-state index in [0.717, 1.165) is 4.90 Å². The zero-order valence-corrected chi connectivity index (χ0v) is 9.28. The van der Waals surface area contributed by atoms with Gasteiger partial charge in [0, 0.05) is 13.0 Å². The molecule has 2 fully saturated rings. The summed E-state index contributed by atoms with van der Waals surface area (Å²) in [5, 5.41) is 20.6. The highest BCUT2D eigenvalue weighted by Gasteiger charge is 2.50. The zero-order chi connectivity index (χ0) is 13.3. The number of rotatable bonds is 3. The molecular formula is C9H13FN2O6. The molecule has 0 aromatic carbocycles. The second-order valence-electron chi connectivity index (χ2n) is 4.09. The molecule has 0 unspecified atom stereocenters. The lowest BCUT2D eigenvalue weighted by molar-refractivity contribution is -0.225. The van der Waals surface area contributed by atoms with Gasteiger partial charge in [-0.2, -0.15) is 4.94 Å². The highest BCUT2D eigenvalue weighted by Crippen LogP contribution is 2.27. The van der Waals surface area contributed by atoms with Crippen molar-refractivity contribution in [2.24, 2.45) is 0 Å². The Hall–Kier alpha value is -1.29. The Labute approximate surface area is 101 Å². The average Bonchev–Trinajstić information content (AvgIpc) is 2.65. The Bertz CT molecular complexity index is 354. The number of nitrogens with zero attached hydrogens (tertiary/aromatic N) is 1. The summed E-state index contributed by atoms with van der Waals surface area (Å²) in [6.07, 6.45) is -4.99. The third kappa shape index (κ3) is 2.17. The summed E-state index contributed by atoms with van der Waals surface area (Å²) in [4.78, 5) is 27.2. The van der Waals surface area contributed by atoms with Gasteiger partial charge in [-0.3, -0.25) is 15.0 Å². The fourth-order valence-corrected chi connectivity index (χ4v) is 2.04. The molecule has 2 heterocycles. The molecule has 8 nitrogen and oxygen atoms in total. The number of hydrogen-bond acceptors (Lipinski definition) is 6. The molecule has 18 heavy (non-hydrogen) atoms. The molecule has 0 saturated carbocycles. The van der Waals surface area contributed by atoms with E-state index in [4.69, 9.17) is 9.84 Å². The van der Waals surface area contributed by atoms with Crippen LogP contribution in [0.4, 0.5) is 9.32 Å². The molecule has 0 aromatic rings. The summed E-state index contributed by atoms with van der Waals surface area (Å²) in [7, 11) is 0. The van der Waals surface area contributed by atoms with Gasteiger partial charge in [-0.05, 0) is 4.53 Å². The van der Waals surface area contributed by atoms with E-state index in [2.05, 4.69) is 4.94 Å². The molecule has 0 radical (unpaired) electrons. The van der Waals surface area contributed by atoms with Crippen LogP contribution in [0, 0.1) is 0 Å². The van der Waals surface area contributed by atoms with Crippen LogP contribution in [0.15, 0.2) is 0 Å². The number of nitrogens with one attached hydrogen (secondary N) is 1. The lowest BCUT2D eigenvalue weighted by Gasteiger charge is -2.32. The van der Waals surface area contributed by atoms with E-state index < -0.39 is 43.1 Å². The lowest BCUT2D eigenvalue weighted by atomic mass is 10.1. The largest absolute Gasteiger partial charge is 0.394 e. The van der Waals surface area contributed by atoms with Gasteiger partial charge in [0.1, 0.15) is 12.2 Å². The van der Waals surface area contributed by atoms with Gasteiger partial charge in [0.25, 0.3) is 0 Å². The Morgan fingerprint density at radius 3 is 2.83 bits per heavy atom. The highest BCUT2D eigenvalue weighted by molar-refractivity contribution is 5.96. The zero-order valence-electron chi connectivity index (χ0n) is 9.28. The number of ether oxygens (including phenoxy) is 1. The molecule has 102 valence electrons. The molecule has 2 rings (SSSR count). The summed E-state index contributed by atoms with van der Waals surface area (Å²) in [6.45, 7) is -0.508. The van der Waals surface area contributed by atoms with Gasteiger partial charge in [-0.15, -0.1) is 0 Å². The van der Waals surface area contributed by atoms with Gasteiger partial charge in [-0.1, -0.05) is 0 Å². The minimum absolute atomic E-state index is 0.0278. The Morgan fingerprint density at radius 1 is 1.56 bits per heavy atom. The van der Waals surface area contributed by atoms with Crippen LogP contribution in [0.5, 0.6) is 0 Å². The molecule has 9 heteroatoms. The van der Waals surface area contributed by atoms with E-state index in [1.807, 2.05) is 5.32 Å². The average molecular weight is 264 g/mol. The molecule has 3 N–H and O–H groups in total. The van der Waals surface area contributed by atoms with Gasteiger partial charge in [-0.25, -0.2) is 4.79 Å². The van der Waals surface area contributed by atoms with Crippen molar-refractivity contribution in [3.63, 3.8) is 0 Å². The predicted octanol–water partition coefficient (Wildman–Crippen LogP) is -1.72. The van der Waals surface area contributed by atoms with Gasteiger partial charge in [0.15, 0.2) is 12.3 Å². The predicted molar refractivity (Wildman–Crippen MR) is 52.6 cm³/mol. The first-order valence-corrected chi connectivity index (χ1v) is 5.40. The first-order chi connectivity index (χ1) is 8.58. The SMILES string of the molecule is O=C1CCN([C@@H]2O[C@H](CO)[C@H](O)[C@H]2OF)C(=O)N1. The van der Waals surface area contributed by atoms with Crippen molar-refractivity contribution >= 4 is 11.9 Å². The van der Waals surface area contributed by atoms with E-state index in [1.54, 1.807) is 0 Å². The molecule has 0 bridgehead atoms. The number of imide groups is 1. The minimum atomic E-state index is -1.42. The molecule has 3 amide bonds. The highest BCUT2D eigenvalue weighted by atomic mass is 19.3. The van der Waals surface area contributed by atoms with E-state index in [9.17, 15) is 19.2 Å². The van der Waals surface area contributed by atoms with Crippen molar-refractivity contribution in [2.75, 3.05) is 13.2 Å². The van der Waals surface area contributed by atoms with Gasteiger partial charge < -0.3 is 14.9 Å². The van der Waals surface area contributed by atoms with Crippen LogP contribution >= 0.6 is 0 Å². The van der Waals surface area contributed by atoms with Crippen LogP contribution in [0.3, 0.4) is 0 Å². The summed E-state index contributed by atoms with van der Waals surface area (Å²) in [5.41, 5.74) is 0. The number of carbonyl (C=O) groups excluding carboxylic acids is 2. The number of aliphatic hydroxyl groups excluding tert-OH is 2. The number of carbonyl (C=O) groups is 2. The van der Waals surface area contributed by atoms with Crippen LogP contribution in [-0.4, -0.2) is 64.7 Å². The number of amides is 3. The van der Waals surface area contributed by atoms with Crippen LogP contribution in [0.2, 0.25) is 0 Å². The molecule has 4 atom stereocenters. The summed E-state index contributed by atoms with van der Waals surface area (Å²) >= 11 is 0. The van der Waals surface area contributed by atoms with Crippen LogP contribution in [0.25, 0.3) is 0 Å². The molecule has 0 spiro atoms. The van der Waals surface area contributed by atoms with Crippen molar-refractivity contribution in [3.05, 3.63) is 0 Å². The van der Waals surface area contributed by atoms with Crippen molar-refractivity contribution in [2.45, 2.75) is 31.0 Å². The van der Waals surface area contributed by atoms with E-state index in [-0.39, 0.29) is 13.0 Å². The van der Waals surface area contributed by atoms with Crippen molar-refractivity contribution in [3.8, 4) is 0 Å². The maximum absolute atomic E-state index is 12.4. The van der Waals surface area contributed by atoms with E-state index in [1.165, 1.54) is 0 Å². The van der Waals surface area contributed by atoms with Gasteiger partial charge >= 0.3 is 6.03 Å². The molecule has 0 aromatic heterocycles. The minimum Gasteiger partial charge on any atom is -0.394 e. The van der Waals surface area contributed by atoms with Gasteiger partial charge in [0.2, 0.25) is 5.91 Å². The maximum Gasteiger partial charge on any atom is 0.326 e. The second-order valence-corrected chi connectivity index (χ2v) is 4.09. The van der Waals surface area contributed by atoms with Crippen molar-refractivity contribution in [1.29, 1.82) is 0 Å². The quantitative estimate of drug-likeness (QED) is 0.559. The molecule has 2 aliphatic rings. The number of halogens is 1. The van der Waals surface area contributed by atoms with E-state index >= 15 is 0 Å². The standard InChI is InChI=1S/C9H13FN2O6/c10-18-7-6(15)4(3-13)17-8(7)12-2-1-5(14)11-9(12)16/h4,6-8,13,15H,1-3H2,(H,11,14,16)/t4-,6+,7-,8-/m1/s1. The van der Waals surface area contributed by atoms with Gasteiger partial charge in [0.05, 0.1) is 6.61 Å². The Kier molecular flexibility index (Phi) is 3.76. The van der Waals surface area contributed by atoms with Crippen LogP contribution in [0.1, 0.15) is 6.42 Å². The third-order valence-corrected chi connectivity index (χ3v) is 2.99. The van der Waals surface area contributed by atoms with Crippen molar-refractivity contribution in [1.82, 2.24) is 10.2 Å². The molecule has 2 saturated heterocycles. The fourth-order valence-electron chi connectivity index (χ4n) is 2.04. The van der Waals surface area contributed by atoms with Crippen LogP contribution < -0.4 is 5.32 Å². The Balaban J connectivity index is 2.12. The van der Waals surface area contributed by atoms with E-state index in [0.29, 0.717) is 0 Å². The monoisotopic (exact) mass is 264 g/mol. The topological polar surface area (TPSA) is 108 Å². The van der Waals surface area contributed by atoms with Crippen molar-refractivity contribution < 1.29 is 34.0 Å². The summed E-state index contributed by atoms with van der Waals surface area (Å²) < 4.78 is 17.6. The second kappa shape index (κ2) is 5.14. The molecule has 2 aliphatic heterocycles. The third-order valence-electron chi connectivity index (χ3n) is 2.99. The van der Waals surface area contributed by atoms with Crippen LogP contribution in [-0.2, 0) is 14.5 Å². The molecule has 0 aliphatic carbocycles. The normalized spacial score (nSPS) is 36.9. The summed E-state index contributed by atoms with van der Waals surface area (Å²) in [5.74, 6) is -0.439. The lowest BCUT2D eigenvalue weighted by Crippen LogP contribution is -2.56. The fraction of sp³-hybridized carbons (Fsp3) is 0.778. The first-order valence-electron chi connectivity index (χ1n) is 5.40. The smallest absolute Gasteiger partial charge is 0.326 e. The Morgan fingerprint density at radius 2 is 2.28 bits per heavy atom. The number of hydrogen-bond donors (Lipinski definition) is 3. The summed E-state index contributed by atoms with van der Waals surface area (Å²) in [6, 6.07) is -0.746.